The summed E-state index contributed by atoms with van der Waals surface area (Å²) in [7, 11) is 1.54. The first kappa shape index (κ1) is 12.7. The van der Waals surface area contributed by atoms with Gasteiger partial charge in [0, 0.05) is 44.7 Å². The molecular formula is C13H19N3O2. The summed E-state index contributed by atoms with van der Waals surface area (Å²) in [6, 6.07) is 7.83. The molecule has 1 aromatic carbocycles. The smallest absolute Gasteiger partial charge is 0.248 e. The Labute approximate surface area is 107 Å². The number of nitrogens with zero attached hydrogens (tertiary/aromatic N) is 2. The maximum absolute atomic E-state index is 11.7. The van der Waals surface area contributed by atoms with Crippen LogP contribution in [0.25, 0.3) is 0 Å². The number of carbonyl (C=O) groups excluding carboxylic acids is 1. The molecule has 0 atom stereocenters. The van der Waals surface area contributed by atoms with Crippen LogP contribution >= 0.6 is 0 Å². The van der Waals surface area contributed by atoms with Crippen molar-refractivity contribution in [2.45, 2.75) is 0 Å². The van der Waals surface area contributed by atoms with Gasteiger partial charge in [-0.3, -0.25) is 4.79 Å². The summed E-state index contributed by atoms with van der Waals surface area (Å²) in [5, 5.41) is 0. The molecule has 2 rings (SSSR count). The molecule has 0 saturated carbocycles. The molecule has 1 fully saturated rings. The number of amides is 1. The highest BCUT2D eigenvalue weighted by molar-refractivity contribution is 5.77. The Balaban J connectivity index is 1.90. The van der Waals surface area contributed by atoms with E-state index in [1.54, 1.807) is 7.11 Å². The fraction of sp³-hybridized carbons (Fsp3) is 0.462. The van der Waals surface area contributed by atoms with Crippen LogP contribution in [-0.4, -0.2) is 50.7 Å². The van der Waals surface area contributed by atoms with E-state index in [9.17, 15) is 4.79 Å². The number of methoxy groups -OCH3 is 1. The topological polar surface area (TPSA) is 58.8 Å². The van der Waals surface area contributed by atoms with Crippen LogP contribution in [0.2, 0.25) is 0 Å². The number of hydrogen-bond donors (Lipinski definition) is 1. The SMILES string of the molecule is COCC(=O)N1CCN(c2ccc(N)cc2)CC1. The average molecular weight is 249 g/mol. The minimum absolute atomic E-state index is 0.0643. The molecule has 1 aromatic rings. The molecule has 1 heterocycles. The molecule has 1 aliphatic rings. The zero-order valence-electron chi connectivity index (χ0n) is 10.6. The molecule has 1 amide bonds. The minimum Gasteiger partial charge on any atom is -0.399 e. The van der Waals surface area contributed by atoms with Crippen molar-refractivity contribution in [1.82, 2.24) is 4.90 Å². The third-order valence-electron chi connectivity index (χ3n) is 3.16. The highest BCUT2D eigenvalue weighted by atomic mass is 16.5. The fourth-order valence-electron chi connectivity index (χ4n) is 2.11. The van der Waals surface area contributed by atoms with Crippen LogP contribution in [-0.2, 0) is 9.53 Å². The molecule has 98 valence electrons. The summed E-state index contributed by atoms with van der Waals surface area (Å²) in [4.78, 5) is 15.8. The van der Waals surface area contributed by atoms with Gasteiger partial charge in [-0.25, -0.2) is 0 Å². The molecule has 1 saturated heterocycles. The number of rotatable bonds is 3. The number of piperazine rings is 1. The minimum atomic E-state index is 0.0643. The van der Waals surface area contributed by atoms with Gasteiger partial charge in [0.05, 0.1) is 0 Å². The number of benzene rings is 1. The number of ether oxygens (including phenoxy) is 1. The van der Waals surface area contributed by atoms with Gasteiger partial charge in [0.1, 0.15) is 6.61 Å². The second kappa shape index (κ2) is 5.73. The van der Waals surface area contributed by atoms with Crippen molar-refractivity contribution in [2.75, 3.05) is 50.5 Å². The predicted octanol–water partition coefficient (Wildman–Crippen LogP) is 0.564. The van der Waals surface area contributed by atoms with Crippen molar-refractivity contribution in [3.63, 3.8) is 0 Å². The first-order valence-electron chi connectivity index (χ1n) is 6.08. The van der Waals surface area contributed by atoms with E-state index in [2.05, 4.69) is 4.90 Å². The third kappa shape index (κ3) is 2.92. The monoisotopic (exact) mass is 249 g/mol. The van der Waals surface area contributed by atoms with Crippen LogP contribution in [0.1, 0.15) is 0 Å². The normalized spacial score (nSPS) is 15.8. The van der Waals surface area contributed by atoms with E-state index in [0.29, 0.717) is 0 Å². The number of nitrogens with two attached hydrogens (primary N) is 1. The fourth-order valence-corrected chi connectivity index (χ4v) is 2.11. The lowest BCUT2D eigenvalue weighted by Gasteiger charge is -2.36. The third-order valence-corrected chi connectivity index (χ3v) is 3.16. The van der Waals surface area contributed by atoms with E-state index in [4.69, 9.17) is 10.5 Å². The van der Waals surface area contributed by atoms with E-state index in [-0.39, 0.29) is 12.5 Å². The Morgan fingerprint density at radius 3 is 2.39 bits per heavy atom. The molecule has 0 spiro atoms. The summed E-state index contributed by atoms with van der Waals surface area (Å²) in [6.45, 7) is 3.35. The van der Waals surface area contributed by atoms with Gasteiger partial charge in [0.25, 0.3) is 0 Å². The number of carbonyl (C=O) groups is 1. The number of hydrogen-bond acceptors (Lipinski definition) is 4. The van der Waals surface area contributed by atoms with E-state index < -0.39 is 0 Å². The van der Waals surface area contributed by atoms with Crippen molar-refractivity contribution >= 4 is 17.3 Å². The summed E-state index contributed by atoms with van der Waals surface area (Å²) >= 11 is 0. The number of anilines is 2. The summed E-state index contributed by atoms with van der Waals surface area (Å²) in [5.74, 6) is 0.0643. The molecule has 5 heteroatoms. The van der Waals surface area contributed by atoms with Crippen molar-refractivity contribution in [3.8, 4) is 0 Å². The summed E-state index contributed by atoms with van der Waals surface area (Å²) in [6.07, 6.45) is 0. The molecule has 0 bridgehead atoms. The van der Waals surface area contributed by atoms with E-state index in [1.807, 2.05) is 29.2 Å². The van der Waals surface area contributed by atoms with Gasteiger partial charge >= 0.3 is 0 Å². The zero-order valence-corrected chi connectivity index (χ0v) is 10.6. The Morgan fingerprint density at radius 2 is 1.83 bits per heavy atom. The first-order chi connectivity index (χ1) is 8.70. The zero-order chi connectivity index (χ0) is 13.0. The Hall–Kier alpha value is -1.75. The van der Waals surface area contributed by atoms with E-state index >= 15 is 0 Å². The highest BCUT2D eigenvalue weighted by Crippen LogP contribution is 2.18. The van der Waals surface area contributed by atoms with Crippen molar-refractivity contribution in [3.05, 3.63) is 24.3 Å². The lowest BCUT2D eigenvalue weighted by Crippen LogP contribution is -2.49. The second-order valence-electron chi connectivity index (χ2n) is 4.39. The van der Waals surface area contributed by atoms with Gasteiger partial charge in [-0.2, -0.15) is 0 Å². The molecule has 0 unspecified atom stereocenters. The van der Waals surface area contributed by atoms with Crippen molar-refractivity contribution < 1.29 is 9.53 Å². The largest absolute Gasteiger partial charge is 0.399 e. The van der Waals surface area contributed by atoms with E-state index in [0.717, 1.165) is 37.6 Å². The molecule has 18 heavy (non-hydrogen) atoms. The summed E-state index contributed by atoms with van der Waals surface area (Å²) < 4.78 is 4.86. The van der Waals surface area contributed by atoms with Crippen LogP contribution in [0.15, 0.2) is 24.3 Å². The predicted molar refractivity (Wildman–Crippen MR) is 71.5 cm³/mol. The number of nitrogen functional groups attached to an aromatic ring is 1. The maximum Gasteiger partial charge on any atom is 0.248 e. The van der Waals surface area contributed by atoms with Crippen LogP contribution in [0.4, 0.5) is 11.4 Å². The van der Waals surface area contributed by atoms with Gasteiger partial charge in [-0.05, 0) is 24.3 Å². The molecule has 1 aliphatic heterocycles. The second-order valence-corrected chi connectivity index (χ2v) is 4.39. The maximum atomic E-state index is 11.7. The lowest BCUT2D eigenvalue weighted by molar-refractivity contribution is -0.135. The molecule has 5 nitrogen and oxygen atoms in total. The first-order valence-corrected chi connectivity index (χ1v) is 6.08. The molecular weight excluding hydrogens is 230 g/mol. The van der Waals surface area contributed by atoms with Crippen LogP contribution in [0, 0.1) is 0 Å². The van der Waals surface area contributed by atoms with Crippen LogP contribution in [0.5, 0.6) is 0 Å². The molecule has 2 N–H and O–H groups in total. The Morgan fingerprint density at radius 1 is 1.22 bits per heavy atom. The average Bonchev–Trinajstić information content (AvgIpc) is 2.40. The van der Waals surface area contributed by atoms with Gasteiger partial charge in [-0.1, -0.05) is 0 Å². The molecule has 0 aliphatic carbocycles. The van der Waals surface area contributed by atoms with Crippen molar-refractivity contribution in [1.29, 1.82) is 0 Å². The van der Waals surface area contributed by atoms with Gasteiger partial charge in [-0.15, -0.1) is 0 Å². The summed E-state index contributed by atoms with van der Waals surface area (Å²) in [5.41, 5.74) is 7.59. The van der Waals surface area contributed by atoms with E-state index in [1.165, 1.54) is 0 Å². The quantitative estimate of drug-likeness (QED) is 0.795. The Kier molecular flexibility index (Phi) is 4.04. The standard InChI is InChI=1S/C13H19N3O2/c1-18-10-13(17)16-8-6-15(7-9-16)12-4-2-11(14)3-5-12/h2-5H,6-10,14H2,1H3. The van der Waals surface area contributed by atoms with Crippen molar-refractivity contribution in [2.24, 2.45) is 0 Å². The van der Waals surface area contributed by atoms with Gasteiger partial charge < -0.3 is 20.3 Å². The van der Waals surface area contributed by atoms with Crippen LogP contribution < -0.4 is 10.6 Å². The molecule has 0 aromatic heterocycles. The van der Waals surface area contributed by atoms with Gasteiger partial charge in [0.2, 0.25) is 5.91 Å². The highest BCUT2D eigenvalue weighted by Gasteiger charge is 2.20. The Bertz CT molecular complexity index is 397. The van der Waals surface area contributed by atoms with Gasteiger partial charge in [0.15, 0.2) is 0 Å². The lowest BCUT2D eigenvalue weighted by atomic mass is 10.2. The molecule has 0 radical (unpaired) electrons. The van der Waals surface area contributed by atoms with Crippen LogP contribution in [0.3, 0.4) is 0 Å².